The van der Waals surface area contributed by atoms with Crippen molar-refractivity contribution in [3.63, 3.8) is 0 Å². The summed E-state index contributed by atoms with van der Waals surface area (Å²) in [6.45, 7) is 3.74. The topological polar surface area (TPSA) is 102 Å². The van der Waals surface area contributed by atoms with Crippen LogP contribution in [0.15, 0.2) is 6.33 Å². The monoisotopic (exact) mass is 248 g/mol. The van der Waals surface area contributed by atoms with E-state index in [1.807, 2.05) is 0 Å². The molecule has 3 heterocycles. The SMILES string of the molecule is CC1OCCC1CNc1nc(N)nc2nc[nH]c12. The molecule has 1 fully saturated rings. The highest BCUT2D eigenvalue weighted by Gasteiger charge is 2.24. The normalized spacial score (nSPS) is 23.6. The Bertz CT molecular complexity index is 553. The number of anilines is 2. The first kappa shape index (κ1) is 11.2. The van der Waals surface area contributed by atoms with E-state index in [0.717, 1.165) is 25.1 Å². The average Bonchev–Trinajstić information content (AvgIpc) is 2.94. The molecule has 1 aliphatic rings. The summed E-state index contributed by atoms with van der Waals surface area (Å²) in [7, 11) is 0. The summed E-state index contributed by atoms with van der Waals surface area (Å²) >= 11 is 0. The molecule has 4 N–H and O–H groups in total. The van der Waals surface area contributed by atoms with Gasteiger partial charge >= 0.3 is 0 Å². The zero-order valence-electron chi connectivity index (χ0n) is 10.2. The van der Waals surface area contributed by atoms with Crippen LogP contribution < -0.4 is 11.1 Å². The number of nitrogens with zero attached hydrogens (tertiary/aromatic N) is 3. The minimum atomic E-state index is 0.229. The van der Waals surface area contributed by atoms with Gasteiger partial charge in [0.05, 0.1) is 12.4 Å². The van der Waals surface area contributed by atoms with Gasteiger partial charge in [-0.1, -0.05) is 0 Å². The molecule has 0 amide bonds. The lowest BCUT2D eigenvalue weighted by molar-refractivity contribution is 0.108. The van der Waals surface area contributed by atoms with E-state index in [-0.39, 0.29) is 12.1 Å². The van der Waals surface area contributed by atoms with Crippen LogP contribution in [0.3, 0.4) is 0 Å². The summed E-state index contributed by atoms with van der Waals surface area (Å²) < 4.78 is 5.53. The first-order chi connectivity index (χ1) is 8.74. The molecule has 0 aromatic carbocycles. The van der Waals surface area contributed by atoms with Gasteiger partial charge in [0.15, 0.2) is 11.5 Å². The van der Waals surface area contributed by atoms with Crippen LogP contribution in [0.4, 0.5) is 11.8 Å². The maximum atomic E-state index is 5.65. The number of nitrogens with one attached hydrogen (secondary N) is 2. The van der Waals surface area contributed by atoms with Gasteiger partial charge in [0.25, 0.3) is 0 Å². The Morgan fingerprint density at radius 2 is 2.44 bits per heavy atom. The van der Waals surface area contributed by atoms with Crippen molar-refractivity contribution in [1.29, 1.82) is 0 Å². The predicted octanol–water partition coefficient (Wildman–Crippen LogP) is 0.772. The van der Waals surface area contributed by atoms with Crippen LogP contribution in [-0.4, -0.2) is 39.2 Å². The van der Waals surface area contributed by atoms with Gasteiger partial charge in [-0.15, -0.1) is 0 Å². The molecule has 1 saturated heterocycles. The predicted molar refractivity (Wildman–Crippen MR) is 68.1 cm³/mol. The third-order valence-electron chi connectivity index (χ3n) is 3.37. The van der Waals surface area contributed by atoms with E-state index in [2.05, 4.69) is 32.2 Å². The number of hydrogen-bond donors (Lipinski definition) is 3. The smallest absolute Gasteiger partial charge is 0.224 e. The lowest BCUT2D eigenvalue weighted by Gasteiger charge is -2.15. The number of H-pyrrole nitrogens is 1. The number of nitrogens with two attached hydrogens (primary N) is 1. The second-order valence-corrected chi connectivity index (χ2v) is 4.54. The molecule has 96 valence electrons. The van der Waals surface area contributed by atoms with Crippen molar-refractivity contribution < 1.29 is 4.74 Å². The lowest BCUT2D eigenvalue weighted by atomic mass is 10.0. The van der Waals surface area contributed by atoms with Crippen molar-refractivity contribution >= 4 is 22.9 Å². The summed E-state index contributed by atoms with van der Waals surface area (Å²) in [5, 5.41) is 3.30. The van der Waals surface area contributed by atoms with Crippen molar-refractivity contribution in [3.8, 4) is 0 Å². The van der Waals surface area contributed by atoms with Gasteiger partial charge < -0.3 is 20.8 Å². The Kier molecular flexibility index (Phi) is 2.75. The van der Waals surface area contributed by atoms with E-state index in [9.17, 15) is 0 Å². The van der Waals surface area contributed by atoms with Crippen molar-refractivity contribution in [1.82, 2.24) is 19.9 Å². The van der Waals surface area contributed by atoms with Crippen LogP contribution in [0, 0.1) is 5.92 Å². The van der Waals surface area contributed by atoms with E-state index < -0.39 is 0 Å². The van der Waals surface area contributed by atoms with Crippen LogP contribution in [-0.2, 0) is 4.74 Å². The maximum absolute atomic E-state index is 5.65. The molecule has 1 aliphatic heterocycles. The Balaban J connectivity index is 1.79. The van der Waals surface area contributed by atoms with Crippen LogP contribution in [0.25, 0.3) is 11.2 Å². The first-order valence-electron chi connectivity index (χ1n) is 6.06. The van der Waals surface area contributed by atoms with E-state index in [1.165, 1.54) is 0 Å². The second kappa shape index (κ2) is 4.41. The van der Waals surface area contributed by atoms with Crippen LogP contribution >= 0.6 is 0 Å². The van der Waals surface area contributed by atoms with Crippen molar-refractivity contribution in [2.24, 2.45) is 5.92 Å². The molecular formula is C11H16N6O. The highest BCUT2D eigenvalue weighted by atomic mass is 16.5. The van der Waals surface area contributed by atoms with Crippen LogP contribution in [0.5, 0.6) is 0 Å². The molecule has 0 spiro atoms. The minimum Gasteiger partial charge on any atom is -0.378 e. The van der Waals surface area contributed by atoms with Gasteiger partial charge in [-0.3, -0.25) is 0 Å². The molecule has 0 bridgehead atoms. The number of hydrogen-bond acceptors (Lipinski definition) is 6. The molecule has 3 rings (SSSR count). The molecule has 18 heavy (non-hydrogen) atoms. The third kappa shape index (κ3) is 1.97. The summed E-state index contributed by atoms with van der Waals surface area (Å²) in [4.78, 5) is 15.4. The van der Waals surface area contributed by atoms with Gasteiger partial charge in [0.2, 0.25) is 5.95 Å². The standard InChI is InChI=1S/C11H16N6O/c1-6-7(2-3-18-6)4-13-9-8-10(15-5-14-8)17-11(12)16-9/h5-7H,2-4H2,1H3,(H4,12,13,14,15,16,17). The Hall–Kier alpha value is -1.89. The number of ether oxygens (including phenoxy) is 1. The van der Waals surface area contributed by atoms with Crippen molar-refractivity contribution in [2.45, 2.75) is 19.4 Å². The molecule has 2 aromatic heterocycles. The minimum absolute atomic E-state index is 0.229. The van der Waals surface area contributed by atoms with Gasteiger partial charge in [-0.25, -0.2) is 4.98 Å². The molecule has 2 atom stereocenters. The summed E-state index contributed by atoms with van der Waals surface area (Å²) in [6, 6.07) is 0. The number of rotatable bonds is 3. The molecule has 0 aliphatic carbocycles. The zero-order chi connectivity index (χ0) is 12.5. The zero-order valence-corrected chi connectivity index (χ0v) is 10.2. The van der Waals surface area contributed by atoms with E-state index >= 15 is 0 Å². The largest absolute Gasteiger partial charge is 0.378 e. The Morgan fingerprint density at radius 3 is 3.22 bits per heavy atom. The molecular weight excluding hydrogens is 232 g/mol. The summed E-state index contributed by atoms with van der Waals surface area (Å²) in [5.74, 6) is 1.43. The number of aromatic amines is 1. The molecule has 7 heteroatoms. The van der Waals surface area contributed by atoms with Gasteiger partial charge in [-0.2, -0.15) is 9.97 Å². The quantitative estimate of drug-likeness (QED) is 0.741. The molecule has 7 nitrogen and oxygen atoms in total. The van der Waals surface area contributed by atoms with Gasteiger partial charge in [0.1, 0.15) is 5.52 Å². The van der Waals surface area contributed by atoms with Crippen LogP contribution in [0.2, 0.25) is 0 Å². The lowest BCUT2D eigenvalue weighted by Crippen LogP contribution is -2.21. The fourth-order valence-electron chi connectivity index (χ4n) is 2.25. The highest BCUT2D eigenvalue weighted by Crippen LogP contribution is 2.22. The fourth-order valence-corrected chi connectivity index (χ4v) is 2.25. The van der Waals surface area contributed by atoms with Gasteiger partial charge in [-0.05, 0) is 13.3 Å². The maximum Gasteiger partial charge on any atom is 0.224 e. The highest BCUT2D eigenvalue weighted by molar-refractivity contribution is 5.83. The number of fused-ring (bicyclic) bond motifs is 1. The molecule has 2 aromatic rings. The average molecular weight is 248 g/mol. The number of imidazole rings is 1. The number of aromatic nitrogens is 4. The van der Waals surface area contributed by atoms with Crippen molar-refractivity contribution in [2.75, 3.05) is 24.2 Å². The van der Waals surface area contributed by atoms with E-state index in [0.29, 0.717) is 17.4 Å². The fraction of sp³-hybridized carbons (Fsp3) is 0.545. The Labute approximate surface area is 104 Å². The summed E-state index contributed by atoms with van der Waals surface area (Å²) in [5.41, 5.74) is 7.03. The van der Waals surface area contributed by atoms with E-state index in [1.54, 1.807) is 6.33 Å². The molecule has 0 saturated carbocycles. The molecule has 0 radical (unpaired) electrons. The Morgan fingerprint density at radius 1 is 1.56 bits per heavy atom. The number of nitrogen functional groups attached to an aromatic ring is 1. The van der Waals surface area contributed by atoms with Crippen LogP contribution in [0.1, 0.15) is 13.3 Å². The second-order valence-electron chi connectivity index (χ2n) is 4.54. The van der Waals surface area contributed by atoms with E-state index in [4.69, 9.17) is 10.5 Å². The third-order valence-corrected chi connectivity index (χ3v) is 3.37. The van der Waals surface area contributed by atoms with Gasteiger partial charge in [0, 0.05) is 19.1 Å². The molecule has 2 unspecified atom stereocenters. The van der Waals surface area contributed by atoms with Crippen molar-refractivity contribution in [3.05, 3.63) is 6.33 Å². The summed E-state index contributed by atoms with van der Waals surface area (Å²) in [6.07, 6.45) is 2.94. The first-order valence-corrected chi connectivity index (χ1v) is 6.06.